The number of pyridine rings is 1. The highest BCUT2D eigenvalue weighted by Gasteiger charge is 2.22. The van der Waals surface area contributed by atoms with Crippen LogP contribution in [-0.4, -0.2) is 20.0 Å². The summed E-state index contributed by atoms with van der Waals surface area (Å²) >= 11 is 0. The van der Waals surface area contributed by atoms with Crippen LogP contribution >= 0.6 is 0 Å². The Morgan fingerprint density at radius 2 is 1.85 bits per heavy atom. The van der Waals surface area contributed by atoms with Crippen molar-refractivity contribution in [2.45, 2.75) is 25.9 Å². The smallest absolute Gasteiger partial charge is 0.258 e. The molecule has 4 rings (SSSR count). The van der Waals surface area contributed by atoms with E-state index in [2.05, 4.69) is 31.3 Å². The number of fused-ring (bicyclic) bond motifs is 1. The van der Waals surface area contributed by atoms with E-state index >= 15 is 0 Å². The lowest BCUT2D eigenvalue weighted by molar-refractivity contribution is 0.300. The Bertz CT molecular complexity index is 1020. The van der Waals surface area contributed by atoms with Crippen molar-refractivity contribution in [3.63, 3.8) is 0 Å². The molecule has 1 fully saturated rings. The number of nitrogens with zero attached hydrogens (tertiary/aromatic N) is 1. The molecule has 0 atom stereocenters. The van der Waals surface area contributed by atoms with Crippen molar-refractivity contribution in [2.24, 2.45) is 13.0 Å². The minimum atomic E-state index is -0.605. The average Bonchev–Trinajstić information content (AvgIpc) is 3.47. The molecule has 3 nitrogen and oxygen atoms in total. The molecule has 3 aromatic rings. The van der Waals surface area contributed by atoms with Gasteiger partial charge in [0.2, 0.25) is 0 Å². The van der Waals surface area contributed by atoms with Crippen molar-refractivity contribution in [1.29, 1.82) is 0 Å². The molecule has 1 radical (unpaired) electrons. The van der Waals surface area contributed by atoms with Crippen molar-refractivity contribution in [1.82, 2.24) is 4.57 Å². The summed E-state index contributed by atoms with van der Waals surface area (Å²) in [5.74, 6) is 1.68. The molecule has 1 aromatic heterocycles. The van der Waals surface area contributed by atoms with Gasteiger partial charge in [-0.1, -0.05) is 42.5 Å². The molecular weight excluding hydrogens is 338 g/mol. The molecule has 0 amide bonds. The number of hydrogen-bond acceptors (Lipinski definition) is 2. The average molecular weight is 363 g/mol. The van der Waals surface area contributed by atoms with Crippen LogP contribution in [-0.2, 0) is 7.05 Å². The second kappa shape index (κ2) is 6.76. The fraction of sp³-hybridized carbons (Fsp3) is 0.318. The second-order valence-corrected chi connectivity index (χ2v) is 10.1. The number of rotatable bonds is 5. The van der Waals surface area contributed by atoms with E-state index in [1.807, 2.05) is 37.5 Å². The lowest BCUT2D eigenvalue weighted by atomic mass is 10.0. The number of aromatic nitrogens is 1. The maximum Gasteiger partial charge on any atom is 0.258 e. The van der Waals surface area contributed by atoms with Gasteiger partial charge in [0.05, 0.1) is 15.4 Å². The number of hydrogen-bond donors (Lipinski definition) is 0. The van der Waals surface area contributed by atoms with Gasteiger partial charge < -0.3 is 9.30 Å². The lowest BCUT2D eigenvalue weighted by Gasteiger charge is -2.15. The van der Waals surface area contributed by atoms with Gasteiger partial charge in [0.25, 0.3) is 5.56 Å². The Hall–Kier alpha value is -2.33. The molecule has 4 heteroatoms. The van der Waals surface area contributed by atoms with Gasteiger partial charge in [0.15, 0.2) is 0 Å². The third-order valence-electron chi connectivity index (χ3n) is 5.07. The summed E-state index contributed by atoms with van der Waals surface area (Å²) in [6.45, 7) is 5.41. The zero-order chi connectivity index (χ0) is 18.3. The highest BCUT2D eigenvalue weighted by molar-refractivity contribution is 6.70. The van der Waals surface area contributed by atoms with E-state index < -0.39 is 8.80 Å². The zero-order valence-electron chi connectivity index (χ0n) is 15.6. The minimum Gasteiger partial charge on any atom is -0.493 e. The van der Waals surface area contributed by atoms with Crippen LogP contribution in [0.5, 0.6) is 5.75 Å². The first-order chi connectivity index (χ1) is 12.5. The molecule has 0 saturated heterocycles. The minimum absolute atomic E-state index is 0.0430. The molecular formula is C22H24NO2Si. The quantitative estimate of drug-likeness (QED) is 0.644. The summed E-state index contributed by atoms with van der Waals surface area (Å²) in [4.78, 5) is 12.5. The molecule has 0 aliphatic heterocycles. The van der Waals surface area contributed by atoms with E-state index in [1.54, 1.807) is 4.57 Å². The molecule has 1 aliphatic carbocycles. The van der Waals surface area contributed by atoms with Gasteiger partial charge >= 0.3 is 0 Å². The van der Waals surface area contributed by atoms with Crippen LogP contribution in [0.4, 0.5) is 0 Å². The molecule has 0 N–H and O–H groups in total. The molecule has 2 aromatic carbocycles. The maximum absolute atomic E-state index is 12.5. The first-order valence-electron chi connectivity index (χ1n) is 9.20. The summed E-state index contributed by atoms with van der Waals surface area (Å²) in [5.41, 5.74) is 2.26. The molecule has 1 heterocycles. The first kappa shape index (κ1) is 17.1. The summed E-state index contributed by atoms with van der Waals surface area (Å²) in [5, 5.41) is 3.12. The number of ether oxygens (including phenoxy) is 1. The third-order valence-corrected chi connectivity index (χ3v) is 6.51. The van der Waals surface area contributed by atoms with Crippen molar-refractivity contribution in [3.8, 4) is 16.9 Å². The molecule has 26 heavy (non-hydrogen) atoms. The first-order valence-corrected chi connectivity index (χ1v) is 11.7. The van der Waals surface area contributed by atoms with E-state index in [9.17, 15) is 4.79 Å². The summed E-state index contributed by atoms with van der Waals surface area (Å²) < 4.78 is 7.78. The van der Waals surface area contributed by atoms with Crippen LogP contribution in [0.15, 0.2) is 53.5 Å². The van der Waals surface area contributed by atoms with Crippen molar-refractivity contribution < 1.29 is 4.74 Å². The van der Waals surface area contributed by atoms with Crippen LogP contribution in [0.2, 0.25) is 13.1 Å². The van der Waals surface area contributed by atoms with E-state index in [0.29, 0.717) is 0 Å². The van der Waals surface area contributed by atoms with E-state index in [4.69, 9.17) is 4.74 Å². The van der Waals surface area contributed by atoms with Crippen LogP contribution in [0.1, 0.15) is 12.8 Å². The van der Waals surface area contributed by atoms with E-state index in [0.717, 1.165) is 40.2 Å². The maximum atomic E-state index is 12.5. The van der Waals surface area contributed by atoms with Crippen LogP contribution < -0.4 is 15.5 Å². The van der Waals surface area contributed by atoms with Crippen LogP contribution in [0.25, 0.3) is 21.9 Å². The third kappa shape index (κ3) is 3.34. The van der Waals surface area contributed by atoms with Gasteiger partial charge in [-0.25, -0.2) is 0 Å². The Balaban J connectivity index is 1.87. The molecule has 0 bridgehead atoms. The Labute approximate surface area is 155 Å². The largest absolute Gasteiger partial charge is 0.493 e. The Morgan fingerprint density at radius 3 is 2.54 bits per heavy atom. The number of aryl methyl sites for hydroxylation is 1. The van der Waals surface area contributed by atoms with Gasteiger partial charge in [-0.3, -0.25) is 4.79 Å². The van der Waals surface area contributed by atoms with Crippen molar-refractivity contribution in [3.05, 3.63) is 59.0 Å². The predicted molar refractivity (Wildman–Crippen MR) is 110 cm³/mol. The molecule has 0 unspecified atom stereocenters. The fourth-order valence-corrected chi connectivity index (χ4v) is 4.15. The molecule has 0 spiro atoms. The standard InChI is InChI=1S/C22H24NO2Si/c1-23-13-21(19-6-4-5-7-20(19)22(23)24)16-10-17(25-14-15-8-9-15)12-18(11-16)26(2)3/h4-7,10-13,15H,8-9,14H2,1-3H3. The topological polar surface area (TPSA) is 31.2 Å². The van der Waals surface area contributed by atoms with Crippen LogP contribution in [0, 0.1) is 5.92 Å². The monoisotopic (exact) mass is 362 g/mol. The Morgan fingerprint density at radius 1 is 1.12 bits per heavy atom. The van der Waals surface area contributed by atoms with Crippen molar-refractivity contribution >= 4 is 24.8 Å². The zero-order valence-corrected chi connectivity index (χ0v) is 16.6. The number of benzene rings is 2. The van der Waals surface area contributed by atoms with Gasteiger partial charge in [-0.05, 0) is 47.9 Å². The SMILES string of the molecule is Cn1cc(-c2cc(OCC3CC3)cc([Si](C)C)c2)c2ccccc2c1=O. The second-order valence-electron chi connectivity index (χ2n) is 7.50. The summed E-state index contributed by atoms with van der Waals surface area (Å²) in [7, 11) is 1.22. The highest BCUT2D eigenvalue weighted by Crippen LogP contribution is 2.32. The van der Waals surface area contributed by atoms with Crippen molar-refractivity contribution in [2.75, 3.05) is 6.61 Å². The van der Waals surface area contributed by atoms with Gasteiger partial charge in [-0.15, -0.1) is 0 Å². The molecule has 1 saturated carbocycles. The highest BCUT2D eigenvalue weighted by atomic mass is 28.3. The predicted octanol–water partition coefficient (Wildman–Crippen LogP) is 3.96. The summed E-state index contributed by atoms with van der Waals surface area (Å²) in [6, 6.07) is 14.5. The summed E-state index contributed by atoms with van der Waals surface area (Å²) in [6.07, 6.45) is 4.52. The van der Waals surface area contributed by atoms with Gasteiger partial charge in [-0.2, -0.15) is 0 Å². The normalized spacial score (nSPS) is 14.2. The van der Waals surface area contributed by atoms with E-state index in [1.165, 1.54) is 18.0 Å². The molecule has 1 aliphatic rings. The fourth-order valence-electron chi connectivity index (χ4n) is 3.27. The van der Waals surface area contributed by atoms with Gasteiger partial charge in [0, 0.05) is 24.2 Å². The lowest BCUT2D eigenvalue weighted by Crippen LogP contribution is -2.23. The van der Waals surface area contributed by atoms with Crippen LogP contribution in [0.3, 0.4) is 0 Å². The van der Waals surface area contributed by atoms with E-state index in [-0.39, 0.29) is 5.56 Å². The Kier molecular flexibility index (Phi) is 4.45. The molecule has 133 valence electrons. The van der Waals surface area contributed by atoms with Gasteiger partial charge in [0.1, 0.15) is 5.75 Å².